The number of para-hydroxylation sites is 1. The van der Waals surface area contributed by atoms with E-state index in [1.54, 1.807) is 23.1 Å². The first-order valence-electron chi connectivity index (χ1n) is 11.4. The molecule has 2 aromatic rings. The van der Waals surface area contributed by atoms with Crippen LogP contribution in [0.3, 0.4) is 0 Å². The molecule has 2 heterocycles. The van der Waals surface area contributed by atoms with Crippen LogP contribution < -0.4 is 4.90 Å². The van der Waals surface area contributed by atoms with Gasteiger partial charge in [0.25, 0.3) is 5.91 Å². The molecule has 0 saturated carbocycles. The zero-order chi connectivity index (χ0) is 23.9. The molecule has 2 aliphatic rings. The number of benzene rings is 2. The monoisotopic (exact) mass is 466 g/mol. The average molecular weight is 467 g/mol. The van der Waals surface area contributed by atoms with Crippen molar-refractivity contribution >= 4 is 29.2 Å². The Kier molecular flexibility index (Phi) is 7.51. The molecule has 0 aromatic heterocycles. The Labute approximate surface area is 197 Å². The predicted molar refractivity (Wildman–Crippen MR) is 125 cm³/mol. The number of ether oxygens (including phenoxy) is 1. The third-order valence-corrected chi connectivity index (χ3v) is 5.92. The lowest BCUT2D eigenvalue weighted by Crippen LogP contribution is -2.50. The summed E-state index contributed by atoms with van der Waals surface area (Å²) in [6.07, 6.45) is 0.526. The second-order valence-electron chi connectivity index (χ2n) is 8.16. The Morgan fingerprint density at radius 1 is 0.853 bits per heavy atom. The van der Waals surface area contributed by atoms with Gasteiger partial charge in [-0.25, -0.2) is 9.40 Å². The maximum Gasteiger partial charge on any atom is 0.306 e. The minimum atomic E-state index is -0.599. The van der Waals surface area contributed by atoms with Gasteiger partial charge in [-0.1, -0.05) is 42.5 Å². The number of amides is 2. The first-order valence-corrected chi connectivity index (χ1v) is 11.4. The van der Waals surface area contributed by atoms with Crippen molar-refractivity contribution in [1.29, 1.82) is 0 Å². The van der Waals surface area contributed by atoms with E-state index in [0.29, 0.717) is 44.8 Å². The van der Waals surface area contributed by atoms with Crippen LogP contribution in [0, 0.1) is 5.82 Å². The van der Waals surface area contributed by atoms with Gasteiger partial charge in [0.15, 0.2) is 6.61 Å². The highest BCUT2D eigenvalue weighted by Crippen LogP contribution is 2.20. The second kappa shape index (κ2) is 10.9. The van der Waals surface area contributed by atoms with Gasteiger partial charge >= 0.3 is 5.97 Å². The van der Waals surface area contributed by atoms with Gasteiger partial charge in [-0.05, 0) is 17.7 Å². The van der Waals surface area contributed by atoms with Gasteiger partial charge in [-0.15, -0.1) is 0 Å². The maximum atomic E-state index is 14.0. The zero-order valence-corrected chi connectivity index (χ0v) is 18.9. The van der Waals surface area contributed by atoms with Crippen molar-refractivity contribution in [3.63, 3.8) is 0 Å². The topological polar surface area (TPSA) is 82.5 Å². The summed E-state index contributed by atoms with van der Waals surface area (Å²) in [5.74, 6) is -1.44. The fourth-order valence-electron chi connectivity index (χ4n) is 4.02. The standard InChI is InChI=1S/C25H27FN4O4/c26-20-8-4-5-9-22(20)28-14-16-29(17-15-28)24(32)18-34-25(33)11-10-23(31)30-13-12-21(27-30)19-6-2-1-3-7-19/h1-9H,10-18H2. The van der Waals surface area contributed by atoms with Crippen molar-refractivity contribution in [2.45, 2.75) is 19.3 Å². The number of esters is 1. The largest absolute Gasteiger partial charge is 0.456 e. The van der Waals surface area contributed by atoms with Crippen LogP contribution in [0.15, 0.2) is 59.7 Å². The molecular formula is C25H27FN4O4. The third-order valence-electron chi connectivity index (χ3n) is 5.92. The van der Waals surface area contributed by atoms with Crippen LogP contribution >= 0.6 is 0 Å². The highest BCUT2D eigenvalue weighted by molar-refractivity contribution is 6.02. The molecule has 2 aromatic carbocycles. The van der Waals surface area contributed by atoms with E-state index in [1.807, 2.05) is 35.2 Å². The Balaban J connectivity index is 1.16. The Bertz CT molecular complexity index is 1070. The van der Waals surface area contributed by atoms with Crippen molar-refractivity contribution in [3.05, 3.63) is 66.0 Å². The first kappa shape index (κ1) is 23.4. The van der Waals surface area contributed by atoms with E-state index in [9.17, 15) is 18.8 Å². The molecule has 178 valence electrons. The van der Waals surface area contributed by atoms with Crippen molar-refractivity contribution in [2.24, 2.45) is 5.10 Å². The summed E-state index contributed by atoms with van der Waals surface area (Å²) in [5.41, 5.74) is 2.34. The van der Waals surface area contributed by atoms with E-state index in [4.69, 9.17) is 4.74 Å². The number of hydrogen-bond acceptors (Lipinski definition) is 6. The lowest BCUT2D eigenvalue weighted by atomic mass is 10.1. The third kappa shape index (κ3) is 5.78. The number of hydrogen-bond donors (Lipinski definition) is 0. The van der Waals surface area contributed by atoms with Gasteiger partial charge < -0.3 is 14.5 Å². The van der Waals surface area contributed by atoms with Gasteiger partial charge in [0.1, 0.15) is 5.82 Å². The SMILES string of the molecule is O=C(CCC(=O)N1CCC(c2ccccc2)=N1)OCC(=O)N1CCN(c2ccccc2F)CC1. The van der Waals surface area contributed by atoms with Crippen molar-refractivity contribution in [3.8, 4) is 0 Å². The molecule has 4 rings (SSSR count). The summed E-state index contributed by atoms with van der Waals surface area (Å²) in [6, 6.07) is 16.2. The van der Waals surface area contributed by atoms with Crippen LogP contribution in [0.5, 0.6) is 0 Å². The lowest BCUT2D eigenvalue weighted by Gasteiger charge is -2.36. The van der Waals surface area contributed by atoms with Crippen molar-refractivity contribution in [2.75, 3.05) is 44.2 Å². The number of halogens is 1. The van der Waals surface area contributed by atoms with E-state index in [1.165, 1.54) is 11.1 Å². The normalized spacial score (nSPS) is 15.8. The maximum absolute atomic E-state index is 14.0. The van der Waals surface area contributed by atoms with Gasteiger partial charge in [-0.2, -0.15) is 5.10 Å². The molecule has 1 saturated heterocycles. The smallest absolute Gasteiger partial charge is 0.306 e. The molecule has 0 spiro atoms. The van der Waals surface area contributed by atoms with E-state index >= 15 is 0 Å². The highest BCUT2D eigenvalue weighted by atomic mass is 19.1. The fraction of sp³-hybridized carbons (Fsp3) is 0.360. The second-order valence-corrected chi connectivity index (χ2v) is 8.16. The molecule has 9 heteroatoms. The van der Waals surface area contributed by atoms with Gasteiger partial charge in [-0.3, -0.25) is 14.4 Å². The van der Waals surface area contributed by atoms with Gasteiger partial charge in [0, 0.05) is 39.0 Å². The highest BCUT2D eigenvalue weighted by Gasteiger charge is 2.25. The number of nitrogens with zero attached hydrogens (tertiary/aromatic N) is 4. The number of carbonyl (C=O) groups excluding carboxylic acids is 3. The average Bonchev–Trinajstić information content (AvgIpc) is 3.37. The molecule has 34 heavy (non-hydrogen) atoms. The van der Waals surface area contributed by atoms with E-state index in [0.717, 1.165) is 11.3 Å². The molecule has 0 radical (unpaired) electrons. The first-order chi connectivity index (χ1) is 16.5. The fourth-order valence-corrected chi connectivity index (χ4v) is 4.02. The summed E-state index contributed by atoms with van der Waals surface area (Å²) in [7, 11) is 0. The van der Waals surface area contributed by atoms with Gasteiger partial charge in [0.2, 0.25) is 5.91 Å². The Morgan fingerprint density at radius 2 is 1.56 bits per heavy atom. The van der Waals surface area contributed by atoms with Crippen LogP contribution in [0.4, 0.5) is 10.1 Å². The van der Waals surface area contributed by atoms with Crippen LogP contribution in [-0.2, 0) is 19.1 Å². The molecule has 2 aliphatic heterocycles. The van der Waals surface area contributed by atoms with Crippen LogP contribution in [-0.4, -0.2) is 72.7 Å². The van der Waals surface area contributed by atoms with E-state index < -0.39 is 5.97 Å². The number of piperazine rings is 1. The molecule has 0 bridgehead atoms. The van der Waals surface area contributed by atoms with Crippen molar-refractivity contribution < 1.29 is 23.5 Å². The molecule has 1 fully saturated rings. The van der Waals surface area contributed by atoms with E-state index in [-0.39, 0.29) is 37.1 Å². The number of hydrazone groups is 1. The molecule has 8 nitrogen and oxygen atoms in total. The molecule has 0 aliphatic carbocycles. The summed E-state index contributed by atoms with van der Waals surface area (Å²) in [5, 5.41) is 5.75. The number of carbonyl (C=O) groups is 3. The van der Waals surface area contributed by atoms with Crippen LogP contribution in [0.1, 0.15) is 24.8 Å². The molecule has 0 atom stereocenters. The number of anilines is 1. The summed E-state index contributed by atoms with van der Waals surface area (Å²) in [6.45, 7) is 1.94. The van der Waals surface area contributed by atoms with Crippen molar-refractivity contribution in [1.82, 2.24) is 9.91 Å². The molecular weight excluding hydrogens is 439 g/mol. The predicted octanol–water partition coefficient (Wildman–Crippen LogP) is 2.43. The van der Waals surface area contributed by atoms with Crippen LogP contribution in [0.25, 0.3) is 0 Å². The minimum absolute atomic E-state index is 0.0279. The summed E-state index contributed by atoms with van der Waals surface area (Å²) >= 11 is 0. The molecule has 2 amide bonds. The zero-order valence-electron chi connectivity index (χ0n) is 18.9. The Morgan fingerprint density at radius 3 is 2.29 bits per heavy atom. The molecule has 0 N–H and O–H groups in total. The number of rotatable bonds is 7. The minimum Gasteiger partial charge on any atom is -0.456 e. The Hall–Kier alpha value is -3.75. The molecule has 0 unspecified atom stereocenters. The lowest BCUT2D eigenvalue weighted by molar-refractivity contribution is -0.153. The van der Waals surface area contributed by atoms with Crippen LogP contribution in [0.2, 0.25) is 0 Å². The quantitative estimate of drug-likeness (QED) is 0.586. The summed E-state index contributed by atoms with van der Waals surface area (Å²) < 4.78 is 19.0. The van der Waals surface area contributed by atoms with Gasteiger partial charge in [0.05, 0.1) is 24.4 Å². The summed E-state index contributed by atoms with van der Waals surface area (Å²) in [4.78, 5) is 40.3. The van der Waals surface area contributed by atoms with E-state index in [2.05, 4.69) is 5.10 Å².